The van der Waals surface area contributed by atoms with Crippen LogP contribution in [0.2, 0.25) is 10.0 Å². The standard InChI is InChI=1S/C11H7Cl2N3O2/c12-6-1-2-7(8(13)5-6)11-9(16(17)18)3-4-10(14)15-11/h1-5H,(H2,14,15). The average Bonchev–Trinajstić information content (AvgIpc) is 2.28. The predicted molar refractivity (Wildman–Crippen MR) is 70.8 cm³/mol. The highest BCUT2D eigenvalue weighted by Crippen LogP contribution is 2.34. The smallest absolute Gasteiger partial charge is 0.295 e. The van der Waals surface area contributed by atoms with Crippen LogP contribution >= 0.6 is 23.2 Å². The summed E-state index contributed by atoms with van der Waals surface area (Å²) >= 11 is 11.8. The lowest BCUT2D eigenvalue weighted by molar-refractivity contribution is -0.384. The van der Waals surface area contributed by atoms with E-state index in [1.54, 1.807) is 12.1 Å². The van der Waals surface area contributed by atoms with E-state index in [4.69, 9.17) is 28.9 Å². The molecule has 0 bridgehead atoms. The fourth-order valence-corrected chi connectivity index (χ4v) is 1.99. The molecule has 0 aliphatic rings. The number of pyridine rings is 1. The fourth-order valence-electron chi connectivity index (χ4n) is 1.49. The Hall–Kier alpha value is -1.85. The zero-order chi connectivity index (χ0) is 13.3. The minimum Gasteiger partial charge on any atom is -0.384 e. The number of hydrogen-bond donors (Lipinski definition) is 1. The predicted octanol–water partition coefficient (Wildman–Crippen LogP) is 3.55. The van der Waals surface area contributed by atoms with Crippen LogP contribution in [-0.2, 0) is 0 Å². The zero-order valence-corrected chi connectivity index (χ0v) is 10.4. The number of benzene rings is 1. The molecule has 18 heavy (non-hydrogen) atoms. The Bertz CT molecular complexity index is 632. The highest BCUT2D eigenvalue weighted by molar-refractivity contribution is 6.36. The number of nitrogens with two attached hydrogens (primary N) is 1. The van der Waals surface area contributed by atoms with Crippen molar-refractivity contribution >= 4 is 34.7 Å². The second-order valence-corrected chi connectivity index (χ2v) is 4.33. The van der Waals surface area contributed by atoms with Crippen LogP contribution in [0.15, 0.2) is 30.3 Å². The van der Waals surface area contributed by atoms with Crippen LogP contribution in [0, 0.1) is 10.1 Å². The molecule has 0 saturated heterocycles. The summed E-state index contributed by atoms with van der Waals surface area (Å²) in [4.78, 5) is 14.4. The minimum absolute atomic E-state index is 0.127. The second-order valence-electron chi connectivity index (χ2n) is 3.49. The quantitative estimate of drug-likeness (QED) is 0.675. The molecule has 0 aliphatic heterocycles. The summed E-state index contributed by atoms with van der Waals surface area (Å²) in [5.41, 5.74) is 5.93. The normalized spacial score (nSPS) is 10.3. The molecule has 0 atom stereocenters. The van der Waals surface area contributed by atoms with Gasteiger partial charge in [0.15, 0.2) is 5.69 Å². The summed E-state index contributed by atoms with van der Waals surface area (Å²) < 4.78 is 0. The highest BCUT2D eigenvalue weighted by atomic mass is 35.5. The first-order valence-corrected chi connectivity index (χ1v) is 5.61. The summed E-state index contributed by atoms with van der Waals surface area (Å²) in [6, 6.07) is 7.30. The van der Waals surface area contributed by atoms with Crippen LogP contribution in [0.4, 0.5) is 11.5 Å². The highest BCUT2D eigenvalue weighted by Gasteiger charge is 2.19. The molecular weight excluding hydrogens is 277 g/mol. The number of nitro groups is 1. The average molecular weight is 284 g/mol. The molecule has 2 N–H and O–H groups in total. The van der Waals surface area contributed by atoms with Crippen molar-refractivity contribution in [3.63, 3.8) is 0 Å². The molecule has 1 heterocycles. The fraction of sp³-hybridized carbons (Fsp3) is 0. The third kappa shape index (κ3) is 2.37. The number of rotatable bonds is 2. The number of aromatic nitrogens is 1. The van der Waals surface area contributed by atoms with Crippen molar-refractivity contribution in [2.24, 2.45) is 0 Å². The van der Waals surface area contributed by atoms with E-state index in [0.717, 1.165) is 0 Å². The van der Waals surface area contributed by atoms with Gasteiger partial charge in [0.05, 0.1) is 9.95 Å². The maximum Gasteiger partial charge on any atom is 0.295 e. The van der Waals surface area contributed by atoms with Crippen LogP contribution in [0.5, 0.6) is 0 Å². The SMILES string of the molecule is Nc1ccc([N+](=O)[O-])c(-c2ccc(Cl)cc2Cl)n1. The van der Waals surface area contributed by atoms with Gasteiger partial charge in [-0.15, -0.1) is 0 Å². The molecule has 2 rings (SSSR count). The van der Waals surface area contributed by atoms with Gasteiger partial charge in [-0.05, 0) is 24.3 Å². The van der Waals surface area contributed by atoms with Crippen molar-refractivity contribution in [3.05, 3.63) is 50.5 Å². The molecule has 2 aromatic rings. The van der Waals surface area contributed by atoms with E-state index in [9.17, 15) is 10.1 Å². The zero-order valence-electron chi connectivity index (χ0n) is 8.93. The Balaban J connectivity index is 2.69. The number of anilines is 1. The van der Waals surface area contributed by atoms with E-state index in [0.29, 0.717) is 10.6 Å². The second kappa shape index (κ2) is 4.80. The van der Waals surface area contributed by atoms with Crippen LogP contribution in [0.3, 0.4) is 0 Å². The van der Waals surface area contributed by atoms with E-state index >= 15 is 0 Å². The van der Waals surface area contributed by atoms with E-state index in [2.05, 4.69) is 4.98 Å². The van der Waals surface area contributed by atoms with Crippen LogP contribution in [0.1, 0.15) is 0 Å². The monoisotopic (exact) mass is 283 g/mol. The summed E-state index contributed by atoms with van der Waals surface area (Å²) in [5, 5.41) is 11.7. The molecule has 0 spiro atoms. The molecule has 1 aromatic heterocycles. The molecule has 1 aromatic carbocycles. The van der Waals surface area contributed by atoms with Gasteiger partial charge in [0.25, 0.3) is 5.69 Å². The van der Waals surface area contributed by atoms with Crippen LogP contribution in [-0.4, -0.2) is 9.91 Å². The van der Waals surface area contributed by atoms with Gasteiger partial charge in [0.1, 0.15) is 5.82 Å². The Morgan fingerprint density at radius 3 is 2.56 bits per heavy atom. The molecule has 0 amide bonds. The van der Waals surface area contributed by atoms with Crippen LogP contribution in [0.25, 0.3) is 11.3 Å². The van der Waals surface area contributed by atoms with Gasteiger partial charge < -0.3 is 5.73 Å². The van der Waals surface area contributed by atoms with Crippen molar-refractivity contribution in [1.82, 2.24) is 4.98 Å². The molecule has 0 radical (unpaired) electrons. The first-order chi connectivity index (χ1) is 8.49. The lowest BCUT2D eigenvalue weighted by Crippen LogP contribution is -1.98. The summed E-state index contributed by atoms with van der Waals surface area (Å²) in [5.74, 6) is 0.182. The van der Waals surface area contributed by atoms with E-state index in [1.165, 1.54) is 18.2 Å². The lowest BCUT2D eigenvalue weighted by atomic mass is 10.1. The Morgan fingerprint density at radius 2 is 1.94 bits per heavy atom. The van der Waals surface area contributed by atoms with E-state index in [-0.39, 0.29) is 22.2 Å². The first kappa shape index (κ1) is 12.6. The summed E-state index contributed by atoms with van der Waals surface area (Å²) in [6.07, 6.45) is 0. The van der Waals surface area contributed by atoms with Crippen molar-refractivity contribution in [3.8, 4) is 11.3 Å². The summed E-state index contributed by atoms with van der Waals surface area (Å²) in [7, 11) is 0. The molecule has 5 nitrogen and oxygen atoms in total. The number of nitrogens with zero attached hydrogens (tertiary/aromatic N) is 2. The van der Waals surface area contributed by atoms with Crippen molar-refractivity contribution in [1.29, 1.82) is 0 Å². The van der Waals surface area contributed by atoms with Gasteiger partial charge in [-0.3, -0.25) is 10.1 Å². The van der Waals surface area contributed by atoms with E-state index < -0.39 is 4.92 Å². The first-order valence-electron chi connectivity index (χ1n) is 4.85. The van der Waals surface area contributed by atoms with Gasteiger partial charge in [-0.25, -0.2) is 4.98 Å². The van der Waals surface area contributed by atoms with Gasteiger partial charge >= 0.3 is 0 Å². The topological polar surface area (TPSA) is 82.0 Å². The Labute approximate surface area is 112 Å². The lowest BCUT2D eigenvalue weighted by Gasteiger charge is -2.05. The Morgan fingerprint density at radius 1 is 1.22 bits per heavy atom. The minimum atomic E-state index is -0.535. The maximum atomic E-state index is 10.9. The van der Waals surface area contributed by atoms with Crippen molar-refractivity contribution in [2.45, 2.75) is 0 Å². The molecule has 0 unspecified atom stereocenters. The van der Waals surface area contributed by atoms with Gasteiger partial charge in [-0.1, -0.05) is 23.2 Å². The molecule has 0 aliphatic carbocycles. The number of hydrogen-bond acceptors (Lipinski definition) is 4. The van der Waals surface area contributed by atoms with Gasteiger partial charge in [-0.2, -0.15) is 0 Å². The number of nitrogen functional groups attached to an aromatic ring is 1. The molecule has 0 fully saturated rings. The molecular formula is C11H7Cl2N3O2. The van der Waals surface area contributed by atoms with Crippen molar-refractivity contribution in [2.75, 3.05) is 5.73 Å². The third-order valence-corrected chi connectivity index (χ3v) is 2.83. The summed E-state index contributed by atoms with van der Waals surface area (Å²) in [6.45, 7) is 0. The van der Waals surface area contributed by atoms with Crippen molar-refractivity contribution < 1.29 is 4.92 Å². The maximum absolute atomic E-state index is 10.9. The molecule has 92 valence electrons. The Kier molecular flexibility index (Phi) is 3.36. The van der Waals surface area contributed by atoms with Gasteiger partial charge in [0, 0.05) is 16.7 Å². The molecule has 0 saturated carbocycles. The largest absolute Gasteiger partial charge is 0.384 e. The van der Waals surface area contributed by atoms with Crippen LogP contribution < -0.4 is 5.73 Å². The molecule has 7 heteroatoms. The number of halogens is 2. The third-order valence-electron chi connectivity index (χ3n) is 2.28. The van der Waals surface area contributed by atoms with E-state index in [1.807, 2.05) is 0 Å². The van der Waals surface area contributed by atoms with Gasteiger partial charge in [0.2, 0.25) is 0 Å².